The van der Waals surface area contributed by atoms with Gasteiger partial charge in [-0.25, -0.2) is 0 Å². The van der Waals surface area contributed by atoms with Gasteiger partial charge in [-0.15, -0.1) is 0 Å². The summed E-state index contributed by atoms with van der Waals surface area (Å²) in [6.45, 7) is 0. The van der Waals surface area contributed by atoms with Gasteiger partial charge < -0.3 is 9.47 Å². The maximum absolute atomic E-state index is 2.50. The lowest BCUT2D eigenvalue weighted by Gasteiger charge is -2.50. The van der Waals surface area contributed by atoms with E-state index in [4.69, 9.17) is 0 Å². The summed E-state index contributed by atoms with van der Waals surface area (Å²) in [5, 5.41) is 2.49. The highest BCUT2D eigenvalue weighted by molar-refractivity contribution is 6.10. The van der Waals surface area contributed by atoms with Crippen LogP contribution >= 0.6 is 0 Å². The smallest absolute Gasteiger partial charge is 0.0720 e. The fraction of sp³-hybridized carbons (Fsp3) is 0.0500. The summed E-state index contributed by atoms with van der Waals surface area (Å²) in [6.07, 6.45) is 9.36. The van der Waals surface area contributed by atoms with Crippen LogP contribution in [0.5, 0.6) is 0 Å². The number of aromatic nitrogens is 1. The Morgan fingerprint density at radius 3 is 1.37 bits per heavy atom. The van der Waals surface area contributed by atoms with Gasteiger partial charge in [0, 0.05) is 33.5 Å². The summed E-state index contributed by atoms with van der Waals surface area (Å²) in [7, 11) is 0. The highest BCUT2D eigenvalue weighted by atomic mass is 15.1. The van der Waals surface area contributed by atoms with E-state index in [1.165, 1.54) is 111 Å². The predicted octanol–water partition coefficient (Wildman–Crippen LogP) is 20.5. The number of rotatable bonds is 9. The van der Waals surface area contributed by atoms with Gasteiger partial charge in [0.1, 0.15) is 0 Å². The molecule has 82 heavy (non-hydrogen) atoms. The van der Waals surface area contributed by atoms with Crippen molar-refractivity contribution >= 4 is 38.9 Å². The zero-order valence-electron chi connectivity index (χ0n) is 45.3. The van der Waals surface area contributed by atoms with E-state index < -0.39 is 10.8 Å². The standard InChI is InChI=1S/C80H56N2/c1-5-21-55(22-6-1)56-37-45-64(46-38-56)81(66-49-41-58(42-50-66)60-44-52-78-70(54-60)68-30-14-20-36-77(68)82(78)63-27-11-4-12-28-63)65-47-39-57(40-48-65)59-43-51-72-69(53-59)67-29-13-15-31-71(67)80(72)75-34-18-16-32-73(75)79(61-23-7-2-8-24-61,62-25-9-3-10-26-62)74-33-17-19-35-76(74)80/h1-2,4-9,11-54H,3,10H2. The van der Waals surface area contributed by atoms with E-state index in [1.54, 1.807) is 0 Å². The first kappa shape index (κ1) is 47.7. The topological polar surface area (TPSA) is 8.17 Å². The summed E-state index contributed by atoms with van der Waals surface area (Å²) in [4.78, 5) is 2.38. The molecule has 0 saturated carbocycles. The average molecular weight is 1050 g/mol. The van der Waals surface area contributed by atoms with E-state index in [-0.39, 0.29) is 0 Å². The SMILES string of the molecule is C1=CC(C2(c3ccccc3)c3ccccc3C3(c4ccccc4-c4cc(-c5ccc(N(c6ccc(-c7ccccc7)cc6)c6ccc(-c7ccc8c(c7)c7ccccc7n8-c7ccccc7)cc6)cc5)ccc43)c3ccccc32)=CCC1. The first-order chi connectivity index (χ1) is 40.7. The molecule has 0 aliphatic heterocycles. The van der Waals surface area contributed by atoms with Crippen molar-refractivity contribution in [3.05, 3.63) is 360 Å². The molecule has 0 bridgehead atoms. The highest BCUT2D eigenvalue weighted by Gasteiger charge is 2.57. The molecular formula is C80H56N2. The summed E-state index contributed by atoms with van der Waals surface area (Å²) in [6, 6.07) is 111. The van der Waals surface area contributed by atoms with E-state index in [0.717, 1.165) is 35.6 Å². The second-order valence-corrected chi connectivity index (χ2v) is 22.2. The summed E-state index contributed by atoms with van der Waals surface area (Å²) >= 11 is 0. The third-order valence-electron chi connectivity index (χ3n) is 18.0. The molecule has 2 heteroatoms. The maximum Gasteiger partial charge on any atom is 0.0720 e. The summed E-state index contributed by atoms with van der Waals surface area (Å²) in [5.41, 5.74) is 26.2. The Morgan fingerprint density at radius 2 is 0.756 bits per heavy atom. The van der Waals surface area contributed by atoms with Gasteiger partial charge in [0.15, 0.2) is 0 Å². The van der Waals surface area contributed by atoms with E-state index >= 15 is 0 Å². The van der Waals surface area contributed by atoms with Crippen molar-refractivity contribution < 1.29 is 0 Å². The van der Waals surface area contributed by atoms with Crippen molar-refractivity contribution in [3.63, 3.8) is 0 Å². The van der Waals surface area contributed by atoms with Crippen LogP contribution in [0, 0.1) is 0 Å². The van der Waals surface area contributed by atoms with Gasteiger partial charge in [-0.1, -0.05) is 243 Å². The van der Waals surface area contributed by atoms with Gasteiger partial charge in [0.2, 0.25) is 0 Å². The Hall–Kier alpha value is -10.3. The van der Waals surface area contributed by atoms with Gasteiger partial charge in [-0.3, -0.25) is 0 Å². The van der Waals surface area contributed by atoms with E-state index in [2.05, 4.69) is 325 Å². The van der Waals surface area contributed by atoms with Crippen LogP contribution in [0.2, 0.25) is 0 Å². The quantitative estimate of drug-likeness (QED) is 0.140. The molecule has 386 valence electrons. The molecule has 3 aliphatic carbocycles. The molecule has 0 atom stereocenters. The zero-order valence-corrected chi connectivity index (χ0v) is 45.3. The lowest BCUT2D eigenvalue weighted by molar-refractivity contribution is 0.619. The Bertz CT molecular complexity index is 4590. The van der Waals surface area contributed by atoms with Crippen LogP contribution in [-0.2, 0) is 10.8 Å². The molecule has 0 N–H and O–H groups in total. The van der Waals surface area contributed by atoms with Crippen LogP contribution in [0.25, 0.3) is 72.0 Å². The normalized spacial score (nSPS) is 16.6. The Labute approximate surface area is 479 Å². The minimum Gasteiger partial charge on any atom is -0.311 e. The molecular weight excluding hydrogens is 989 g/mol. The van der Waals surface area contributed by atoms with Crippen LogP contribution in [0.4, 0.5) is 17.1 Å². The lowest BCUT2D eigenvalue weighted by Crippen LogP contribution is -2.45. The first-order valence-corrected chi connectivity index (χ1v) is 28.8. The number of para-hydroxylation sites is 2. The predicted molar refractivity (Wildman–Crippen MR) is 342 cm³/mol. The largest absolute Gasteiger partial charge is 0.311 e. The third-order valence-corrected chi connectivity index (χ3v) is 18.0. The lowest BCUT2D eigenvalue weighted by atomic mass is 9.51. The monoisotopic (exact) mass is 1040 g/mol. The second kappa shape index (κ2) is 19.2. The van der Waals surface area contributed by atoms with Crippen molar-refractivity contribution in [2.75, 3.05) is 4.90 Å². The molecule has 12 aromatic carbocycles. The molecule has 3 aliphatic rings. The summed E-state index contributed by atoms with van der Waals surface area (Å²) in [5.74, 6) is 0. The van der Waals surface area contributed by atoms with Gasteiger partial charge in [0.25, 0.3) is 0 Å². The Kier molecular flexibility index (Phi) is 11.2. The number of anilines is 3. The molecule has 0 saturated heterocycles. The average Bonchev–Trinajstić information content (AvgIpc) is 2.03. The molecule has 0 radical (unpaired) electrons. The zero-order chi connectivity index (χ0) is 54.2. The van der Waals surface area contributed by atoms with Crippen LogP contribution in [0.1, 0.15) is 51.8 Å². The molecule has 13 aromatic rings. The second-order valence-electron chi connectivity index (χ2n) is 22.2. The number of fused-ring (bicyclic) bond motifs is 12. The van der Waals surface area contributed by atoms with Crippen molar-refractivity contribution in [2.45, 2.75) is 23.7 Å². The maximum atomic E-state index is 2.50. The van der Waals surface area contributed by atoms with E-state index in [1.807, 2.05) is 0 Å². The van der Waals surface area contributed by atoms with Crippen LogP contribution in [0.15, 0.2) is 321 Å². The molecule has 1 heterocycles. The number of hydrogen-bond acceptors (Lipinski definition) is 1. The van der Waals surface area contributed by atoms with Crippen molar-refractivity contribution in [1.82, 2.24) is 4.57 Å². The Morgan fingerprint density at radius 1 is 0.305 bits per heavy atom. The van der Waals surface area contributed by atoms with E-state index in [9.17, 15) is 0 Å². The molecule has 0 fully saturated rings. The first-order valence-electron chi connectivity index (χ1n) is 28.8. The molecule has 2 nitrogen and oxygen atoms in total. The summed E-state index contributed by atoms with van der Waals surface area (Å²) < 4.78 is 2.38. The third kappa shape index (κ3) is 7.21. The van der Waals surface area contributed by atoms with E-state index in [0.29, 0.717) is 0 Å². The van der Waals surface area contributed by atoms with Crippen LogP contribution < -0.4 is 4.90 Å². The van der Waals surface area contributed by atoms with Crippen molar-refractivity contribution in [3.8, 4) is 50.2 Å². The number of benzene rings is 12. The molecule has 1 spiro atoms. The highest BCUT2D eigenvalue weighted by Crippen LogP contribution is 2.65. The molecule has 0 unspecified atom stereocenters. The fourth-order valence-electron chi connectivity index (χ4n) is 14.5. The number of hydrogen-bond donors (Lipinski definition) is 0. The van der Waals surface area contributed by atoms with Gasteiger partial charge in [0.05, 0.1) is 21.9 Å². The molecule has 16 rings (SSSR count). The van der Waals surface area contributed by atoms with Crippen LogP contribution in [0.3, 0.4) is 0 Å². The van der Waals surface area contributed by atoms with Crippen LogP contribution in [-0.4, -0.2) is 4.57 Å². The van der Waals surface area contributed by atoms with Crippen molar-refractivity contribution in [2.24, 2.45) is 0 Å². The Balaban J connectivity index is 0.793. The van der Waals surface area contributed by atoms with Gasteiger partial charge >= 0.3 is 0 Å². The minimum atomic E-state index is -0.527. The van der Waals surface area contributed by atoms with Gasteiger partial charge in [-0.05, 0) is 175 Å². The number of allylic oxidation sites excluding steroid dienone is 4. The fourth-order valence-corrected chi connectivity index (χ4v) is 14.5. The molecule has 1 aromatic heterocycles. The molecule has 0 amide bonds. The van der Waals surface area contributed by atoms with Gasteiger partial charge in [-0.2, -0.15) is 0 Å². The number of nitrogens with zero attached hydrogens (tertiary/aromatic N) is 2. The van der Waals surface area contributed by atoms with Crippen molar-refractivity contribution in [1.29, 1.82) is 0 Å². The minimum absolute atomic E-state index is 0.489.